The summed E-state index contributed by atoms with van der Waals surface area (Å²) in [5, 5.41) is 14.6. The van der Waals surface area contributed by atoms with Crippen LogP contribution in [0.25, 0.3) is 0 Å². The van der Waals surface area contributed by atoms with Crippen molar-refractivity contribution in [2.75, 3.05) is 39.8 Å². The first kappa shape index (κ1) is 17.7. The quantitative estimate of drug-likeness (QED) is 0.529. The summed E-state index contributed by atoms with van der Waals surface area (Å²) < 4.78 is 1.97. The van der Waals surface area contributed by atoms with Gasteiger partial charge in [-0.25, -0.2) is 0 Å². The fraction of sp³-hybridized carbons (Fsp3) is 0.750. The molecule has 2 aliphatic rings. The summed E-state index contributed by atoms with van der Waals surface area (Å²) in [6.07, 6.45) is 2.26. The molecule has 0 radical (unpaired) electrons. The Hall–Kier alpha value is -2.16. The molecule has 0 atom stereocenters. The Balaban J connectivity index is 1.43. The van der Waals surface area contributed by atoms with E-state index in [9.17, 15) is 4.79 Å². The number of rotatable bonds is 5. The number of hydrogen-bond donors (Lipinski definition) is 2. The van der Waals surface area contributed by atoms with E-state index in [-0.39, 0.29) is 5.91 Å². The highest BCUT2D eigenvalue weighted by Gasteiger charge is 2.26. The molecular weight excluding hydrogens is 320 g/mol. The van der Waals surface area contributed by atoms with E-state index in [2.05, 4.69) is 35.6 Å². The van der Waals surface area contributed by atoms with Gasteiger partial charge in [0.1, 0.15) is 5.82 Å². The molecule has 9 nitrogen and oxygen atoms in total. The van der Waals surface area contributed by atoms with Gasteiger partial charge in [-0.05, 0) is 19.8 Å². The molecule has 1 aromatic rings. The van der Waals surface area contributed by atoms with Gasteiger partial charge >= 0.3 is 0 Å². The van der Waals surface area contributed by atoms with Gasteiger partial charge in [-0.15, -0.1) is 10.2 Å². The van der Waals surface area contributed by atoms with Crippen LogP contribution in [0.1, 0.15) is 24.5 Å². The van der Waals surface area contributed by atoms with Gasteiger partial charge in [0, 0.05) is 46.3 Å². The predicted octanol–water partition coefficient (Wildman–Crippen LogP) is -0.905. The number of aliphatic imine (C=N–C) groups is 1. The number of aromatic nitrogens is 3. The molecule has 25 heavy (non-hydrogen) atoms. The second-order valence-corrected chi connectivity index (χ2v) is 6.73. The van der Waals surface area contributed by atoms with E-state index in [0.29, 0.717) is 19.1 Å². The molecule has 2 N–H and O–H groups in total. The van der Waals surface area contributed by atoms with Crippen LogP contribution in [0.15, 0.2) is 4.99 Å². The summed E-state index contributed by atoms with van der Waals surface area (Å²) in [6, 6.07) is 0.432. The number of amides is 1. The number of nitrogens with zero attached hydrogens (tertiary/aromatic N) is 6. The Labute approximate surface area is 148 Å². The predicted molar refractivity (Wildman–Crippen MR) is 95.1 cm³/mol. The fourth-order valence-corrected chi connectivity index (χ4v) is 2.92. The molecular formula is C16H28N8O. The van der Waals surface area contributed by atoms with Gasteiger partial charge in [-0.2, -0.15) is 0 Å². The SMILES string of the molecule is CN=C(NCc1nnc(C)n1C)N1CCN(CC(=O)NC2CC2)CC1. The Kier molecular flexibility index (Phi) is 5.52. The number of carbonyl (C=O) groups excluding carboxylic acids is 1. The van der Waals surface area contributed by atoms with Crippen LogP contribution in [0.2, 0.25) is 0 Å². The standard InChI is InChI=1S/C16H28N8O/c1-12-20-21-14(22(12)3)10-18-16(17-2)24-8-6-23(7-9-24)11-15(25)19-13-4-5-13/h13H,4-11H2,1-3H3,(H,17,18)(H,19,25). The third-order valence-corrected chi connectivity index (χ3v) is 4.78. The van der Waals surface area contributed by atoms with Gasteiger partial charge in [0.15, 0.2) is 11.8 Å². The van der Waals surface area contributed by atoms with Crippen molar-refractivity contribution in [2.45, 2.75) is 32.4 Å². The lowest BCUT2D eigenvalue weighted by Gasteiger charge is -2.36. The minimum atomic E-state index is 0.149. The Morgan fingerprint density at radius 2 is 1.96 bits per heavy atom. The maximum Gasteiger partial charge on any atom is 0.234 e. The van der Waals surface area contributed by atoms with E-state index in [1.807, 2.05) is 18.5 Å². The highest BCUT2D eigenvalue weighted by molar-refractivity contribution is 5.80. The van der Waals surface area contributed by atoms with Crippen molar-refractivity contribution in [1.82, 2.24) is 35.2 Å². The van der Waals surface area contributed by atoms with Gasteiger partial charge in [0.05, 0.1) is 13.1 Å². The van der Waals surface area contributed by atoms with Crippen molar-refractivity contribution in [3.8, 4) is 0 Å². The largest absolute Gasteiger partial charge is 0.352 e. The van der Waals surface area contributed by atoms with Gasteiger partial charge in [0.2, 0.25) is 5.91 Å². The van der Waals surface area contributed by atoms with E-state index in [4.69, 9.17) is 0 Å². The molecule has 1 aliphatic heterocycles. The maximum atomic E-state index is 11.9. The molecule has 1 saturated carbocycles. The molecule has 3 rings (SSSR count). The molecule has 1 saturated heterocycles. The second-order valence-electron chi connectivity index (χ2n) is 6.73. The molecule has 138 valence electrons. The van der Waals surface area contributed by atoms with E-state index < -0.39 is 0 Å². The first-order chi connectivity index (χ1) is 12.1. The normalized spacial score (nSPS) is 19.2. The highest BCUT2D eigenvalue weighted by atomic mass is 16.2. The lowest BCUT2D eigenvalue weighted by molar-refractivity contribution is -0.122. The smallest absolute Gasteiger partial charge is 0.234 e. The first-order valence-corrected chi connectivity index (χ1v) is 8.89. The molecule has 1 amide bonds. The van der Waals surface area contributed by atoms with Crippen molar-refractivity contribution in [3.63, 3.8) is 0 Å². The van der Waals surface area contributed by atoms with Crippen LogP contribution in [-0.4, -0.2) is 82.2 Å². The molecule has 2 fully saturated rings. The number of piperazine rings is 1. The molecule has 0 bridgehead atoms. The minimum absolute atomic E-state index is 0.149. The summed E-state index contributed by atoms with van der Waals surface area (Å²) in [7, 11) is 3.75. The van der Waals surface area contributed by atoms with Crippen molar-refractivity contribution in [3.05, 3.63) is 11.6 Å². The molecule has 1 aromatic heterocycles. The van der Waals surface area contributed by atoms with Crippen LogP contribution in [0.3, 0.4) is 0 Å². The molecule has 2 heterocycles. The van der Waals surface area contributed by atoms with Crippen molar-refractivity contribution >= 4 is 11.9 Å². The molecule has 0 spiro atoms. The Morgan fingerprint density at radius 3 is 2.52 bits per heavy atom. The Morgan fingerprint density at radius 1 is 1.24 bits per heavy atom. The molecule has 9 heteroatoms. The summed E-state index contributed by atoms with van der Waals surface area (Å²) in [4.78, 5) is 20.7. The van der Waals surface area contributed by atoms with Crippen LogP contribution in [0.4, 0.5) is 0 Å². The van der Waals surface area contributed by atoms with Gasteiger partial charge in [-0.1, -0.05) is 0 Å². The number of aryl methyl sites for hydroxylation is 1. The zero-order chi connectivity index (χ0) is 17.8. The average Bonchev–Trinajstić information content (AvgIpc) is 3.36. The second kappa shape index (κ2) is 7.81. The summed E-state index contributed by atoms with van der Waals surface area (Å²) >= 11 is 0. The number of guanidine groups is 1. The number of hydrogen-bond acceptors (Lipinski definition) is 5. The lowest BCUT2D eigenvalue weighted by Crippen LogP contribution is -2.54. The van der Waals surface area contributed by atoms with Crippen LogP contribution in [-0.2, 0) is 18.4 Å². The zero-order valence-corrected chi connectivity index (χ0v) is 15.3. The van der Waals surface area contributed by atoms with E-state index in [0.717, 1.165) is 56.6 Å². The fourth-order valence-electron chi connectivity index (χ4n) is 2.92. The van der Waals surface area contributed by atoms with E-state index in [1.54, 1.807) is 7.05 Å². The third-order valence-electron chi connectivity index (χ3n) is 4.78. The summed E-state index contributed by atoms with van der Waals surface area (Å²) in [6.45, 7) is 6.46. The van der Waals surface area contributed by atoms with E-state index in [1.165, 1.54) is 0 Å². The number of carbonyl (C=O) groups is 1. The zero-order valence-electron chi connectivity index (χ0n) is 15.3. The summed E-state index contributed by atoms with van der Waals surface area (Å²) in [5.41, 5.74) is 0. The van der Waals surface area contributed by atoms with Gasteiger partial charge in [0.25, 0.3) is 0 Å². The minimum Gasteiger partial charge on any atom is -0.352 e. The monoisotopic (exact) mass is 348 g/mol. The maximum absolute atomic E-state index is 11.9. The van der Waals surface area contributed by atoms with Gasteiger partial charge < -0.3 is 20.1 Å². The van der Waals surface area contributed by atoms with Crippen molar-refractivity contribution in [2.24, 2.45) is 12.0 Å². The number of nitrogens with one attached hydrogen (secondary N) is 2. The third kappa shape index (κ3) is 4.68. The van der Waals surface area contributed by atoms with Crippen LogP contribution >= 0.6 is 0 Å². The van der Waals surface area contributed by atoms with Crippen LogP contribution in [0, 0.1) is 6.92 Å². The first-order valence-electron chi connectivity index (χ1n) is 8.89. The van der Waals surface area contributed by atoms with Crippen molar-refractivity contribution in [1.29, 1.82) is 0 Å². The average molecular weight is 348 g/mol. The summed E-state index contributed by atoms with van der Waals surface area (Å²) in [5.74, 6) is 2.79. The Bertz CT molecular complexity index is 628. The molecule has 0 unspecified atom stereocenters. The topological polar surface area (TPSA) is 90.7 Å². The van der Waals surface area contributed by atoms with E-state index >= 15 is 0 Å². The van der Waals surface area contributed by atoms with Gasteiger partial charge in [-0.3, -0.25) is 14.7 Å². The van der Waals surface area contributed by atoms with Crippen LogP contribution < -0.4 is 10.6 Å². The van der Waals surface area contributed by atoms with Crippen molar-refractivity contribution < 1.29 is 4.79 Å². The highest BCUT2D eigenvalue weighted by Crippen LogP contribution is 2.18. The van der Waals surface area contributed by atoms with Crippen LogP contribution in [0.5, 0.6) is 0 Å². The lowest BCUT2D eigenvalue weighted by atomic mass is 10.3. The molecule has 1 aliphatic carbocycles. The molecule has 0 aromatic carbocycles.